The lowest BCUT2D eigenvalue weighted by molar-refractivity contribution is -0.111. The predicted octanol–water partition coefficient (Wildman–Crippen LogP) is 5.10. The molecule has 2 aromatic carbocycles. The first-order valence-corrected chi connectivity index (χ1v) is 9.04. The Bertz CT molecular complexity index is 1930. The number of pyridine rings is 1. The number of hydrogen-bond donors (Lipinski definition) is 2. The minimum absolute atomic E-state index is 0.0317. The van der Waals surface area contributed by atoms with E-state index in [2.05, 4.69) is 10.3 Å². The molecule has 1 aromatic heterocycles. The molecule has 0 fully saturated rings. The van der Waals surface area contributed by atoms with Crippen molar-refractivity contribution in [2.45, 2.75) is 6.92 Å². The summed E-state index contributed by atoms with van der Waals surface area (Å²) in [6.07, 6.45) is -0.828. The van der Waals surface area contributed by atoms with Crippen molar-refractivity contribution in [3.8, 4) is 11.8 Å². The standard InChI is InChI=1S/C24H23ClFN5O2/c1-4-33-22-12-20-17(11-21(22)30-23(32)6-5-9-31(2)3)24(15(13-27)14-28-20)29-16-7-8-19(26)18(25)10-16/h5-8,10-12,14H,4,9H2,1-3H3,(H,28,29)(H,30,32)/b6-5+/i2D3,3D3,4D2,6D,7D,8D,9D2,10D,11D,12D,14D. The van der Waals surface area contributed by atoms with Crippen molar-refractivity contribution in [2.75, 3.05) is 37.6 Å². The van der Waals surface area contributed by atoms with Crippen LogP contribution in [0.4, 0.5) is 21.5 Å². The fourth-order valence-corrected chi connectivity index (χ4v) is 2.51. The summed E-state index contributed by atoms with van der Waals surface area (Å²) in [6, 6.07) is -4.65. The summed E-state index contributed by atoms with van der Waals surface area (Å²) in [7, 11) is 0. The van der Waals surface area contributed by atoms with E-state index in [4.69, 9.17) is 39.6 Å². The fourth-order valence-electron chi connectivity index (χ4n) is 2.37. The maximum Gasteiger partial charge on any atom is 0.248 e. The quantitative estimate of drug-likeness (QED) is 0.432. The summed E-state index contributed by atoms with van der Waals surface area (Å²) >= 11 is 5.81. The molecule has 0 radical (unpaired) electrons. The zero-order chi connectivity index (χ0) is 38.6. The van der Waals surface area contributed by atoms with Crippen molar-refractivity contribution in [1.29, 1.82) is 5.26 Å². The van der Waals surface area contributed by atoms with Gasteiger partial charge in [0.1, 0.15) is 17.6 Å². The molecule has 33 heavy (non-hydrogen) atoms. The molecule has 1 heterocycles. The Balaban J connectivity index is 2.40. The molecule has 0 aliphatic heterocycles. The molecule has 0 saturated heterocycles. The van der Waals surface area contributed by atoms with Gasteiger partial charge in [-0.1, -0.05) is 17.7 Å². The molecule has 0 aliphatic rings. The molecule has 2 N–H and O–H groups in total. The monoisotopic (exact) mass is 484 g/mol. The zero-order valence-electron chi connectivity index (χ0n) is 33.5. The number of hydrogen-bond acceptors (Lipinski definition) is 6. The van der Waals surface area contributed by atoms with Crippen molar-refractivity contribution in [3.63, 3.8) is 0 Å². The number of halogens is 2. The first-order valence-electron chi connectivity index (χ1n) is 17.2. The topological polar surface area (TPSA) is 90.3 Å². The fraction of sp³-hybridized carbons (Fsp3) is 0.208. The van der Waals surface area contributed by atoms with E-state index in [1.807, 2.05) is 5.32 Å². The normalized spacial score (nSPS) is 20.5. The molecule has 170 valence electrons. The van der Waals surface area contributed by atoms with E-state index < -0.39 is 130 Å². The van der Waals surface area contributed by atoms with Crippen molar-refractivity contribution < 1.29 is 37.2 Å². The van der Waals surface area contributed by atoms with Crippen LogP contribution in [-0.2, 0) is 4.79 Å². The van der Waals surface area contributed by atoms with Crippen LogP contribution in [0.25, 0.3) is 10.9 Å². The molecule has 0 atom stereocenters. The van der Waals surface area contributed by atoms with Gasteiger partial charge in [0.2, 0.25) is 5.91 Å². The predicted molar refractivity (Wildman–Crippen MR) is 129 cm³/mol. The summed E-state index contributed by atoms with van der Waals surface area (Å²) in [5.74, 6) is -4.02. The van der Waals surface area contributed by atoms with Crippen molar-refractivity contribution in [2.24, 2.45) is 0 Å². The Morgan fingerprint density at radius 3 is 3.03 bits per heavy atom. The van der Waals surface area contributed by atoms with Crippen LogP contribution in [0.1, 0.15) is 35.8 Å². The van der Waals surface area contributed by atoms with Gasteiger partial charge in [-0.3, -0.25) is 9.78 Å². The second-order valence-corrected chi connectivity index (χ2v) is 6.16. The first kappa shape index (κ1) is 10.1. The van der Waals surface area contributed by atoms with Crippen LogP contribution >= 0.6 is 11.6 Å². The number of anilines is 3. The SMILES string of the molecule is [2H]/C(=C\C([2H])([2H])N(C([2H])([2H])[2H])C([2H])([2H])[2H])C(=O)Nc1c(OC([2H])([2H])C)c([2H])c2nc([2H])c(C#N)c(Nc3c([2H])c([2H])c(F)c(Cl)c3[2H])c2c1[2H]. The minimum Gasteiger partial charge on any atom is -0.492 e. The largest absolute Gasteiger partial charge is 0.492 e. The van der Waals surface area contributed by atoms with E-state index in [0.717, 1.165) is 6.92 Å². The molecule has 9 heteroatoms. The number of carbonyl (C=O) groups excluding carboxylic acids is 1. The van der Waals surface area contributed by atoms with E-state index in [-0.39, 0.29) is 6.08 Å². The maximum absolute atomic E-state index is 14.3. The van der Waals surface area contributed by atoms with E-state index in [1.54, 1.807) is 6.07 Å². The van der Waals surface area contributed by atoms with Gasteiger partial charge < -0.3 is 20.3 Å². The Labute approximate surface area is 220 Å². The van der Waals surface area contributed by atoms with Gasteiger partial charge >= 0.3 is 0 Å². The highest BCUT2D eigenvalue weighted by Gasteiger charge is 2.15. The van der Waals surface area contributed by atoms with Gasteiger partial charge in [-0.05, 0) is 45.0 Å². The second-order valence-electron chi connectivity index (χ2n) is 5.78. The smallest absolute Gasteiger partial charge is 0.248 e. The van der Waals surface area contributed by atoms with Crippen LogP contribution in [0.15, 0.2) is 48.5 Å². The van der Waals surface area contributed by atoms with Gasteiger partial charge in [0.15, 0.2) is 0 Å². The van der Waals surface area contributed by atoms with E-state index in [0.29, 0.717) is 0 Å². The number of likely N-dealkylation sites (N-methyl/N-ethyl adjacent to an activating group) is 1. The summed E-state index contributed by atoms with van der Waals surface area (Å²) < 4.78 is 154. The van der Waals surface area contributed by atoms with E-state index in [9.17, 15) is 14.4 Å². The van der Waals surface area contributed by atoms with Gasteiger partial charge in [0.25, 0.3) is 0 Å². The summed E-state index contributed by atoms with van der Waals surface area (Å²) in [5, 5.41) is 12.7. The van der Waals surface area contributed by atoms with Gasteiger partial charge in [-0.2, -0.15) is 5.26 Å². The highest BCUT2D eigenvalue weighted by atomic mass is 35.5. The molecule has 3 rings (SSSR count). The van der Waals surface area contributed by atoms with Crippen molar-refractivity contribution in [3.05, 3.63) is 64.9 Å². The molecular formula is C24H23ClFN5O2. The van der Waals surface area contributed by atoms with Crippen LogP contribution in [-0.4, -0.2) is 42.8 Å². The number of fused-ring (bicyclic) bond motifs is 1. The molecule has 1 amide bonds. The van der Waals surface area contributed by atoms with E-state index >= 15 is 0 Å². The number of benzene rings is 2. The molecular weight excluding hydrogens is 445 g/mol. The van der Waals surface area contributed by atoms with Crippen LogP contribution in [0.3, 0.4) is 0 Å². The lowest BCUT2D eigenvalue weighted by atomic mass is 10.1. The molecule has 0 unspecified atom stereocenters. The number of aromatic nitrogens is 1. The van der Waals surface area contributed by atoms with Gasteiger partial charge in [0, 0.05) is 46.8 Å². The van der Waals surface area contributed by atoms with Crippen LogP contribution in [0.5, 0.6) is 5.75 Å². The first-order chi connectivity index (χ1) is 22.6. The van der Waals surface area contributed by atoms with Gasteiger partial charge in [-0.15, -0.1) is 0 Å². The van der Waals surface area contributed by atoms with Crippen molar-refractivity contribution >= 4 is 45.5 Å². The summed E-state index contributed by atoms with van der Waals surface area (Å²) in [6.45, 7) is -12.5. The van der Waals surface area contributed by atoms with Gasteiger partial charge in [-0.25, -0.2) is 4.39 Å². The average molecular weight is 485 g/mol. The highest BCUT2D eigenvalue weighted by molar-refractivity contribution is 6.31. The Morgan fingerprint density at radius 1 is 1.48 bits per heavy atom. The summed E-state index contributed by atoms with van der Waals surface area (Å²) in [4.78, 5) is 16.5. The lowest BCUT2D eigenvalue weighted by Crippen LogP contribution is -2.13. The molecule has 0 bridgehead atoms. The van der Waals surface area contributed by atoms with Crippen molar-refractivity contribution in [1.82, 2.24) is 9.88 Å². The number of amides is 1. The minimum atomic E-state index is -3.60. The third kappa shape index (κ3) is 5.98. The third-order valence-electron chi connectivity index (χ3n) is 3.65. The number of carbonyl (C=O) groups is 1. The average Bonchev–Trinajstić information content (AvgIpc) is 2.94. The molecule has 7 nitrogen and oxygen atoms in total. The highest BCUT2D eigenvalue weighted by Crippen LogP contribution is 2.36. The van der Waals surface area contributed by atoms with Crippen LogP contribution < -0.4 is 15.4 Å². The summed E-state index contributed by atoms with van der Waals surface area (Å²) in [5.41, 5.74) is -3.62. The molecule has 3 aromatic rings. The number of nitriles is 1. The number of nitrogens with one attached hydrogen (secondary N) is 2. The molecule has 0 saturated carbocycles. The van der Waals surface area contributed by atoms with E-state index in [1.165, 1.54) is 0 Å². The Kier molecular flexibility index (Phi) is 3.29. The third-order valence-corrected chi connectivity index (χ3v) is 3.91. The zero-order valence-corrected chi connectivity index (χ0v) is 17.2. The molecule has 0 aliphatic carbocycles. The Morgan fingerprint density at radius 2 is 2.30 bits per heavy atom. The number of rotatable bonds is 8. The van der Waals surface area contributed by atoms with Crippen LogP contribution in [0, 0.1) is 17.1 Å². The van der Waals surface area contributed by atoms with Crippen LogP contribution in [0.2, 0.25) is 5.02 Å². The number of nitrogens with zero attached hydrogens (tertiary/aromatic N) is 3. The Hall–Kier alpha value is -3.67. The molecule has 0 spiro atoms. The number of ether oxygens (including phenoxy) is 1. The maximum atomic E-state index is 14.3. The lowest BCUT2D eigenvalue weighted by Gasteiger charge is -2.16. The van der Waals surface area contributed by atoms with Gasteiger partial charge in [0.05, 0.1) is 46.4 Å². The second kappa shape index (κ2) is 10.8.